The number of aryl methyl sites for hydroxylation is 2. The van der Waals surface area contributed by atoms with Crippen molar-refractivity contribution < 1.29 is 14.7 Å². The molecular formula is C28H26ClNO3. The van der Waals surface area contributed by atoms with E-state index in [0.29, 0.717) is 34.8 Å². The monoisotopic (exact) mass is 459 g/mol. The van der Waals surface area contributed by atoms with Gasteiger partial charge in [0.25, 0.3) is 5.91 Å². The molecular weight excluding hydrogens is 434 g/mol. The van der Waals surface area contributed by atoms with Crippen LogP contribution in [-0.4, -0.2) is 23.3 Å². The van der Waals surface area contributed by atoms with E-state index in [-0.39, 0.29) is 12.2 Å². The Hall–Kier alpha value is -2.95. The molecule has 2 aliphatic rings. The van der Waals surface area contributed by atoms with Crippen LogP contribution < -0.4 is 4.90 Å². The summed E-state index contributed by atoms with van der Waals surface area (Å²) >= 11 is 6.23. The minimum absolute atomic E-state index is 0.241. The van der Waals surface area contributed by atoms with E-state index in [1.54, 1.807) is 23.1 Å². The fraction of sp³-hybridized carbons (Fsp3) is 0.286. The number of halogens is 1. The van der Waals surface area contributed by atoms with Gasteiger partial charge in [0.15, 0.2) is 11.4 Å². The maximum Gasteiger partial charge on any atom is 0.264 e. The van der Waals surface area contributed by atoms with Gasteiger partial charge in [-0.15, -0.1) is 0 Å². The van der Waals surface area contributed by atoms with Gasteiger partial charge >= 0.3 is 0 Å². The second kappa shape index (κ2) is 8.77. The van der Waals surface area contributed by atoms with E-state index in [1.807, 2.05) is 48.5 Å². The minimum Gasteiger partial charge on any atom is -0.375 e. The highest BCUT2D eigenvalue weighted by Gasteiger charge is 2.50. The Kier molecular flexibility index (Phi) is 5.81. The molecule has 1 atom stereocenters. The predicted molar refractivity (Wildman–Crippen MR) is 130 cm³/mol. The standard InChI is InChI=1S/C28H26ClNO3/c29-23-12-13-25-24(17-23)28(33,27(32)30(25)15-14-19-6-2-1-3-7-19)18-26(31)22-11-10-20-8-4-5-9-21(20)16-22/h1-3,6-7,10-13,16-17,33H,4-5,8-9,14-15,18H2/t28-/m1/s1. The Morgan fingerprint density at radius 1 is 0.970 bits per heavy atom. The Bertz CT molecular complexity index is 1220. The third-order valence-electron chi connectivity index (χ3n) is 6.85. The molecule has 1 amide bonds. The third-order valence-corrected chi connectivity index (χ3v) is 7.08. The number of nitrogens with zero attached hydrogens (tertiary/aromatic N) is 1. The van der Waals surface area contributed by atoms with Crippen LogP contribution in [0, 0.1) is 0 Å². The number of aliphatic hydroxyl groups is 1. The number of amides is 1. The lowest BCUT2D eigenvalue weighted by Gasteiger charge is -2.23. The summed E-state index contributed by atoms with van der Waals surface area (Å²) in [5.74, 6) is -0.711. The third kappa shape index (κ3) is 4.09. The molecule has 0 saturated carbocycles. The van der Waals surface area contributed by atoms with Crippen molar-refractivity contribution in [3.05, 3.63) is 99.6 Å². The first kappa shape index (κ1) is 21.9. The van der Waals surface area contributed by atoms with E-state index in [9.17, 15) is 14.7 Å². The lowest BCUT2D eigenvalue weighted by Crippen LogP contribution is -2.42. The zero-order valence-corrected chi connectivity index (χ0v) is 19.1. The van der Waals surface area contributed by atoms with E-state index < -0.39 is 11.5 Å². The van der Waals surface area contributed by atoms with Crippen molar-refractivity contribution in [1.29, 1.82) is 0 Å². The van der Waals surface area contributed by atoms with Crippen molar-refractivity contribution in [2.45, 2.75) is 44.1 Å². The van der Waals surface area contributed by atoms with Gasteiger partial charge in [0.1, 0.15) is 0 Å². The van der Waals surface area contributed by atoms with E-state index >= 15 is 0 Å². The van der Waals surface area contributed by atoms with Gasteiger partial charge < -0.3 is 10.0 Å². The van der Waals surface area contributed by atoms with Crippen molar-refractivity contribution >= 4 is 29.0 Å². The van der Waals surface area contributed by atoms with Crippen LogP contribution in [0.15, 0.2) is 66.7 Å². The first-order valence-corrected chi connectivity index (χ1v) is 11.9. The van der Waals surface area contributed by atoms with E-state index in [2.05, 4.69) is 0 Å². The number of hydrogen-bond donors (Lipinski definition) is 1. The molecule has 0 unspecified atom stereocenters. The molecule has 0 saturated heterocycles. The Balaban J connectivity index is 1.43. The molecule has 4 nitrogen and oxygen atoms in total. The van der Waals surface area contributed by atoms with E-state index in [1.165, 1.54) is 17.5 Å². The molecule has 1 aliphatic carbocycles. The van der Waals surface area contributed by atoms with E-state index in [0.717, 1.165) is 24.8 Å². The molecule has 3 aromatic rings. The average molecular weight is 460 g/mol. The molecule has 33 heavy (non-hydrogen) atoms. The van der Waals surface area contributed by atoms with Crippen LogP contribution in [0.4, 0.5) is 5.69 Å². The van der Waals surface area contributed by atoms with Gasteiger partial charge in [-0.25, -0.2) is 0 Å². The topological polar surface area (TPSA) is 57.6 Å². The predicted octanol–water partition coefficient (Wildman–Crippen LogP) is 5.27. The molecule has 0 spiro atoms. The van der Waals surface area contributed by atoms with Crippen molar-refractivity contribution in [2.24, 2.45) is 0 Å². The molecule has 5 heteroatoms. The number of fused-ring (bicyclic) bond motifs is 2. The maximum absolute atomic E-state index is 13.5. The summed E-state index contributed by atoms with van der Waals surface area (Å²) in [5, 5.41) is 12.0. The van der Waals surface area contributed by atoms with Gasteiger partial charge in [0.05, 0.1) is 12.1 Å². The molecule has 0 aromatic heterocycles. The number of hydrogen-bond acceptors (Lipinski definition) is 3. The number of anilines is 1. The van der Waals surface area contributed by atoms with Crippen LogP contribution in [-0.2, 0) is 29.7 Å². The van der Waals surface area contributed by atoms with Gasteiger partial charge in [-0.1, -0.05) is 54.1 Å². The van der Waals surface area contributed by atoms with Gasteiger partial charge in [0.2, 0.25) is 0 Å². The van der Waals surface area contributed by atoms with Crippen molar-refractivity contribution in [3.8, 4) is 0 Å². The zero-order chi connectivity index (χ0) is 23.0. The zero-order valence-electron chi connectivity index (χ0n) is 18.4. The van der Waals surface area contributed by atoms with Gasteiger partial charge in [-0.3, -0.25) is 9.59 Å². The van der Waals surface area contributed by atoms with Crippen molar-refractivity contribution in [3.63, 3.8) is 0 Å². The van der Waals surface area contributed by atoms with Crippen LogP contribution in [0.2, 0.25) is 5.02 Å². The Labute approximate surface area is 198 Å². The van der Waals surface area contributed by atoms with Crippen molar-refractivity contribution in [2.75, 3.05) is 11.4 Å². The molecule has 3 aromatic carbocycles. The molecule has 0 bridgehead atoms. The quantitative estimate of drug-likeness (QED) is 0.511. The summed E-state index contributed by atoms with van der Waals surface area (Å²) in [7, 11) is 0. The molecule has 0 radical (unpaired) electrons. The highest BCUT2D eigenvalue weighted by atomic mass is 35.5. The smallest absolute Gasteiger partial charge is 0.264 e. The maximum atomic E-state index is 13.5. The Morgan fingerprint density at radius 3 is 2.52 bits per heavy atom. The molecule has 1 aliphatic heterocycles. The normalized spacial score (nSPS) is 19.3. The van der Waals surface area contributed by atoms with Gasteiger partial charge in [-0.2, -0.15) is 0 Å². The lowest BCUT2D eigenvalue weighted by molar-refractivity contribution is -0.135. The largest absolute Gasteiger partial charge is 0.375 e. The summed E-state index contributed by atoms with van der Waals surface area (Å²) < 4.78 is 0. The highest BCUT2D eigenvalue weighted by Crippen LogP contribution is 2.44. The molecule has 0 fully saturated rings. The second-order valence-electron chi connectivity index (χ2n) is 9.00. The number of benzene rings is 3. The van der Waals surface area contributed by atoms with Crippen LogP contribution in [0.25, 0.3) is 0 Å². The fourth-order valence-electron chi connectivity index (χ4n) is 5.04. The van der Waals surface area contributed by atoms with Crippen LogP contribution >= 0.6 is 11.6 Å². The van der Waals surface area contributed by atoms with Crippen LogP contribution in [0.3, 0.4) is 0 Å². The number of rotatable bonds is 6. The van der Waals surface area contributed by atoms with Gasteiger partial charge in [-0.05, 0) is 73.1 Å². The fourth-order valence-corrected chi connectivity index (χ4v) is 5.21. The van der Waals surface area contributed by atoms with Crippen LogP contribution in [0.1, 0.15) is 51.9 Å². The Morgan fingerprint density at radius 2 is 1.73 bits per heavy atom. The number of carbonyl (C=O) groups excluding carboxylic acids is 2. The highest BCUT2D eigenvalue weighted by molar-refractivity contribution is 6.31. The SMILES string of the molecule is O=C(C[C@]1(O)C(=O)N(CCc2ccccc2)c2ccc(Cl)cc21)c1ccc2c(c1)CCCC2. The van der Waals surface area contributed by atoms with E-state index in [4.69, 9.17) is 11.6 Å². The molecule has 168 valence electrons. The lowest BCUT2D eigenvalue weighted by atomic mass is 9.85. The summed E-state index contributed by atoms with van der Waals surface area (Å²) in [6.45, 7) is 0.410. The summed E-state index contributed by atoms with van der Waals surface area (Å²) in [6.07, 6.45) is 4.63. The second-order valence-corrected chi connectivity index (χ2v) is 9.44. The molecule has 5 rings (SSSR count). The summed E-state index contributed by atoms with van der Waals surface area (Å²) in [6, 6.07) is 20.7. The number of ketones is 1. The van der Waals surface area contributed by atoms with Crippen LogP contribution in [0.5, 0.6) is 0 Å². The van der Waals surface area contributed by atoms with Crippen molar-refractivity contribution in [1.82, 2.24) is 0 Å². The number of carbonyl (C=O) groups is 2. The average Bonchev–Trinajstić information content (AvgIpc) is 3.04. The summed E-state index contributed by atoms with van der Waals surface area (Å²) in [4.78, 5) is 28.3. The summed E-state index contributed by atoms with van der Waals surface area (Å²) in [5.41, 5.74) is 3.22. The minimum atomic E-state index is -1.93. The molecule has 1 N–H and O–H groups in total. The molecule has 1 heterocycles. The number of Topliss-reactive ketones (excluding diaryl/α,β-unsaturated/α-hetero) is 1. The van der Waals surface area contributed by atoms with Gasteiger partial charge in [0, 0.05) is 22.7 Å². The first-order valence-electron chi connectivity index (χ1n) is 11.5. The first-order chi connectivity index (χ1) is 16.0.